The molecule has 9 heavy (non-hydrogen) atoms. The molecule has 0 unspecified atom stereocenters. The largest absolute Gasteiger partial charge is 0.466 e. The summed E-state index contributed by atoms with van der Waals surface area (Å²) in [5, 5.41) is 0. The zero-order valence-electron chi connectivity index (χ0n) is 5.59. The van der Waals surface area contributed by atoms with Crippen molar-refractivity contribution in [2.24, 2.45) is 7.57 Å². The lowest BCUT2D eigenvalue weighted by Crippen LogP contribution is -1.96. The molecule has 0 spiro atoms. The maximum absolute atomic E-state index is 4.79. The van der Waals surface area contributed by atoms with Crippen LogP contribution in [0.2, 0.25) is 0 Å². The van der Waals surface area contributed by atoms with Gasteiger partial charge >= 0.3 is 6.02 Å². The molecule has 0 aliphatic rings. The fraction of sp³-hybridized carbons (Fsp3) is 0.750. The second-order valence-electron chi connectivity index (χ2n) is 1.44. The van der Waals surface area contributed by atoms with Crippen molar-refractivity contribution in [3.63, 3.8) is 0 Å². The Bertz CT molecular complexity index is 142. The summed E-state index contributed by atoms with van der Waals surface area (Å²) >= 11 is 1.86. The van der Waals surface area contributed by atoms with E-state index in [1.807, 2.05) is 35.4 Å². The standard InChI is InChI=1S/C4H9IN2OS/c1-8-4(6-5)7-9(2)3/h1-3H3/b6-4-. The number of halogens is 1. The summed E-state index contributed by atoms with van der Waals surface area (Å²) in [4.78, 5) is 0. The Morgan fingerprint density at radius 3 is 2.22 bits per heavy atom. The smallest absolute Gasteiger partial charge is 0.327 e. The highest BCUT2D eigenvalue weighted by Crippen LogP contribution is 1.91. The zero-order valence-corrected chi connectivity index (χ0v) is 8.56. The number of hydrogen-bond acceptors (Lipinski definition) is 2. The van der Waals surface area contributed by atoms with Gasteiger partial charge in [-0.25, -0.2) is 0 Å². The number of nitrogens with zero attached hydrogens (tertiary/aromatic N) is 2. The summed E-state index contributed by atoms with van der Waals surface area (Å²) in [6, 6.07) is 0.462. The van der Waals surface area contributed by atoms with Gasteiger partial charge in [-0.15, -0.1) is 0 Å². The van der Waals surface area contributed by atoms with Gasteiger partial charge < -0.3 is 4.74 Å². The highest BCUT2D eigenvalue weighted by Gasteiger charge is 1.89. The lowest BCUT2D eigenvalue weighted by molar-refractivity contribution is 0.400. The van der Waals surface area contributed by atoms with Crippen LogP contribution in [-0.4, -0.2) is 25.6 Å². The molecule has 0 aliphatic carbocycles. The van der Waals surface area contributed by atoms with Crippen LogP contribution in [-0.2, 0) is 15.4 Å². The number of rotatable bonds is 0. The molecule has 0 aromatic carbocycles. The molecule has 3 nitrogen and oxygen atoms in total. The van der Waals surface area contributed by atoms with E-state index in [0.717, 1.165) is 0 Å². The van der Waals surface area contributed by atoms with Crippen molar-refractivity contribution in [3.8, 4) is 0 Å². The van der Waals surface area contributed by atoms with Crippen molar-refractivity contribution in [1.82, 2.24) is 0 Å². The molecule has 5 heteroatoms. The molecular weight excluding hydrogens is 251 g/mol. The third kappa shape index (κ3) is 4.83. The monoisotopic (exact) mass is 260 g/mol. The molecule has 0 heterocycles. The number of amidine groups is 1. The third-order valence-electron chi connectivity index (χ3n) is 0.516. The van der Waals surface area contributed by atoms with E-state index in [-0.39, 0.29) is 10.7 Å². The van der Waals surface area contributed by atoms with E-state index in [9.17, 15) is 0 Å². The van der Waals surface area contributed by atoms with Crippen molar-refractivity contribution in [3.05, 3.63) is 0 Å². The predicted octanol–water partition coefficient (Wildman–Crippen LogP) is 1.40. The van der Waals surface area contributed by atoms with Crippen LogP contribution in [0.1, 0.15) is 0 Å². The van der Waals surface area contributed by atoms with Gasteiger partial charge in [-0.2, -0.15) is 7.57 Å². The molecule has 0 aromatic rings. The molecule has 0 N–H and O–H groups in total. The van der Waals surface area contributed by atoms with E-state index < -0.39 is 0 Å². The van der Waals surface area contributed by atoms with Crippen LogP contribution < -0.4 is 0 Å². The first-order valence-electron chi connectivity index (χ1n) is 2.23. The lowest BCUT2D eigenvalue weighted by Gasteiger charge is -1.94. The first kappa shape index (κ1) is 9.35. The zero-order chi connectivity index (χ0) is 7.28. The maximum atomic E-state index is 4.79. The van der Waals surface area contributed by atoms with Crippen molar-refractivity contribution in [1.29, 1.82) is 0 Å². The molecule has 0 saturated carbocycles. The quantitative estimate of drug-likeness (QED) is 0.368. The summed E-state index contributed by atoms with van der Waals surface area (Å²) in [6.45, 7) is 0. The molecule has 0 rings (SSSR count). The molecule has 54 valence electrons. The number of ether oxygens (including phenoxy) is 1. The minimum absolute atomic E-state index is 0.0190. The molecule has 0 aromatic heterocycles. The van der Waals surface area contributed by atoms with Gasteiger partial charge in [-0.05, 0) is 12.5 Å². The minimum atomic E-state index is 0.0190. The van der Waals surface area contributed by atoms with Crippen LogP contribution in [0.15, 0.2) is 7.57 Å². The van der Waals surface area contributed by atoms with E-state index in [1.165, 1.54) is 0 Å². The Kier molecular flexibility index (Phi) is 5.36. The normalized spacial score (nSPS) is 11.9. The molecule has 0 fully saturated rings. The van der Waals surface area contributed by atoms with Gasteiger partial charge in [-0.3, -0.25) is 0 Å². The minimum Gasteiger partial charge on any atom is -0.466 e. The van der Waals surface area contributed by atoms with Crippen LogP contribution in [0.25, 0.3) is 0 Å². The fourth-order valence-electron chi connectivity index (χ4n) is 0.243. The Labute approximate surface area is 71.5 Å². The molecule has 0 atom stereocenters. The fourth-order valence-corrected chi connectivity index (χ4v) is 1.12. The van der Waals surface area contributed by atoms with Crippen LogP contribution in [0.5, 0.6) is 0 Å². The summed E-state index contributed by atoms with van der Waals surface area (Å²) in [5.74, 6) is 0. The summed E-state index contributed by atoms with van der Waals surface area (Å²) in [6.07, 6.45) is 4.00. The van der Waals surface area contributed by atoms with Crippen LogP contribution in [0.4, 0.5) is 0 Å². The molecular formula is C4H9IN2OS. The Hall–Kier alpha value is 0.350. The van der Waals surface area contributed by atoms with E-state index >= 15 is 0 Å². The highest BCUT2D eigenvalue weighted by molar-refractivity contribution is 14.1. The first-order valence-corrected chi connectivity index (χ1v) is 5.19. The summed E-state index contributed by atoms with van der Waals surface area (Å²) < 4.78 is 12.6. The van der Waals surface area contributed by atoms with Gasteiger partial charge in [0.15, 0.2) is 0 Å². The molecule has 0 radical (unpaired) electrons. The van der Waals surface area contributed by atoms with Gasteiger partial charge in [0.1, 0.15) is 0 Å². The SMILES string of the molecule is CO/C(N=S(C)C)=N\I. The maximum Gasteiger partial charge on any atom is 0.327 e. The number of hydrogen-bond donors (Lipinski definition) is 0. The Balaban J connectivity index is 4.01. The van der Waals surface area contributed by atoms with E-state index in [4.69, 9.17) is 4.74 Å². The van der Waals surface area contributed by atoms with Crippen LogP contribution in [0.3, 0.4) is 0 Å². The Morgan fingerprint density at radius 2 is 2.11 bits per heavy atom. The van der Waals surface area contributed by atoms with Crippen LogP contribution >= 0.6 is 22.9 Å². The molecule has 0 aliphatic heterocycles. The van der Waals surface area contributed by atoms with E-state index in [1.54, 1.807) is 7.11 Å². The highest BCUT2D eigenvalue weighted by atomic mass is 127. The second-order valence-corrected chi connectivity index (χ2v) is 3.65. The van der Waals surface area contributed by atoms with E-state index in [0.29, 0.717) is 6.02 Å². The van der Waals surface area contributed by atoms with Crippen molar-refractivity contribution in [2.75, 3.05) is 19.6 Å². The molecule has 0 amide bonds. The van der Waals surface area contributed by atoms with E-state index in [2.05, 4.69) is 7.57 Å². The second kappa shape index (κ2) is 5.16. The van der Waals surface area contributed by atoms with Gasteiger partial charge in [-0.1, -0.05) is 10.7 Å². The first-order chi connectivity index (χ1) is 4.20. The van der Waals surface area contributed by atoms with Gasteiger partial charge in [0.05, 0.1) is 30.0 Å². The van der Waals surface area contributed by atoms with Crippen LogP contribution in [0, 0.1) is 0 Å². The molecule has 0 saturated heterocycles. The van der Waals surface area contributed by atoms with Gasteiger partial charge in [0.2, 0.25) is 0 Å². The average molecular weight is 260 g/mol. The topological polar surface area (TPSA) is 34.0 Å². The summed E-state index contributed by atoms with van der Waals surface area (Å²) in [7, 11) is 1.58. The summed E-state index contributed by atoms with van der Waals surface area (Å²) in [5.41, 5.74) is 0. The van der Waals surface area contributed by atoms with Gasteiger partial charge in [0.25, 0.3) is 0 Å². The Morgan fingerprint density at radius 1 is 1.56 bits per heavy atom. The average Bonchev–Trinajstić information content (AvgIpc) is 1.82. The third-order valence-corrected chi connectivity index (χ3v) is 1.45. The number of methoxy groups -OCH3 is 1. The lowest BCUT2D eigenvalue weighted by atomic mass is 11.2. The van der Waals surface area contributed by atoms with Crippen molar-refractivity contribution in [2.45, 2.75) is 0 Å². The van der Waals surface area contributed by atoms with Crippen molar-refractivity contribution >= 4 is 39.6 Å². The predicted molar refractivity (Wildman–Crippen MR) is 50.1 cm³/mol. The van der Waals surface area contributed by atoms with Crippen molar-refractivity contribution < 1.29 is 4.74 Å². The van der Waals surface area contributed by atoms with Gasteiger partial charge in [0, 0.05) is 0 Å². The molecule has 0 bridgehead atoms.